The number of allylic oxidation sites excluding steroid dienone is 1. The Morgan fingerprint density at radius 1 is 1.20 bits per heavy atom. The molecule has 0 spiro atoms. The number of hydrogen-bond acceptors (Lipinski definition) is 3. The molecule has 0 bridgehead atoms. The summed E-state index contributed by atoms with van der Waals surface area (Å²) in [4.78, 5) is 0. The van der Waals surface area contributed by atoms with Crippen LogP contribution in [-0.4, -0.2) is 22.2 Å². The number of rotatable bonds is 5. The van der Waals surface area contributed by atoms with Gasteiger partial charge in [0.25, 0.3) is 0 Å². The van der Waals surface area contributed by atoms with E-state index < -0.39 is 0 Å². The molecule has 1 aliphatic rings. The van der Waals surface area contributed by atoms with E-state index in [4.69, 9.17) is 15.4 Å². The molecule has 1 fully saturated rings. The monoisotopic (exact) mass is 245 g/mol. The van der Waals surface area contributed by atoms with Gasteiger partial charge in [0.2, 0.25) is 0 Å². The summed E-state index contributed by atoms with van der Waals surface area (Å²) >= 11 is 0. The highest BCUT2D eigenvalue weighted by Crippen LogP contribution is 2.34. The van der Waals surface area contributed by atoms with Crippen LogP contribution in [0.2, 0.25) is 0 Å². The van der Waals surface area contributed by atoms with Crippen LogP contribution in [0.5, 0.6) is 0 Å². The molecule has 0 heterocycles. The van der Waals surface area contributed by atoms with Crippen LogP contribution in [-0.2, 0) is 0 Å². The largest absolute Gasteiger partial charge is 0.392 e. The predicted octanol–water partition coefficient (Wildman–Crippen LogP) is 3.64. The zero-order valence-corrected chi connectivity index (χ0v) is 10.4. The quantitative estimate of drug-likeness (QED) is 0.511. The second kappa shape index (κ2) is 7.19. The Kier molecular flexibility index (Phi) is 6.19. The van der Waals surface area contributed by atoms with Gasteiger partial charge in [0, 0.05) is 6.04 Å². The highest BCUT2D eigenvalue weighted by Gasteiger charge is 2.23. The van der Waals surface area contributed by atoms with Crippen LogP contribution in [0.15, 0.2) is 12.2 Å². The molecule has 6 heteroatoms. The van der Waals surface area contributed by atoms with Gasteiger partial charge in [0.1, 0.15) is 17.0 Å². The van der Waals surface area contributed by atoms with Crippen LogP contribution < -0.4 is 0 Å². The molecule has 3 N–H and O–H groups in total. The first-order valence-electron chi connectivity index (χ1n) is 5.13. The van der Waals surface area contributed by atoms with Crippen molar-refractivity contribution in [3.05, 3.63) is 12.2 Å². The summed E-state index contributed by atoms with van der Waals surface area (Å²) in [6.07, 6.45) is 8.27. The van der Waals surface area contributed by atoms with Crippen molar-refractivity contribution in [1.82, 2.24) is 4.44 Å². The van der Waals surface area contributed by atoms with Gasteiger partial charge in [-0.15, -0.1) is 0 Å². The lowest BCUT2D eigenvalue weighted by molar-refractivity contribution is 0.310. The molecule has 0 atom stereocenters. The predicted molar refractivity (Wildman–Crippen MR) is 63.1 cm³/mol. The van der Waals surface area contributed by atoms with E-state index in [0.717, 1.165) is 25.7 Å². The van der Waals surface area contributed by atoms with Crippen molar-refractivity contribution in [2.75, 3.05) is 6.61 Å². The van der Waals surface area contributed by atoms with Crippen molar-refractivity contribution < 1.29 is 5.11 Å². The van der Waals surface area contributed by atoms with E-state index in [2.05, 4.69) is 6.08 Å². The van der Waals surface area contributed by atoms with E-state index in [1.807, 2.05) is 10.5 Å². The number of hydrogen-bond donors (Lipinski definition) is 3. The Morgan fingerprint density at radius 2 is 1.80 bits per heavy atom. The Morgan fingerprint density at radius 3 is 2.27 bits per heavy atom. The number of nitrogens with one attached hydrogen (secondary N) is 2. The number of aliphatic hydroxyl groups excluding tert-OH is 1. The average molecular weight is 245 g/mol. The first-order chi connectivity index (χ1) is 7.31. The molecule has 0 unspecified atom stereocenters. The van der Waals surface area contributed by atoms with Gasteiger partial charge in [0.05, 0.1) is 6.61 Å². The SMILES string of the molecule is N=PN(P=N)C1CCC(/C=C/CO)CC1. The van der Waals surface area contributed by atoms with E-state index in [-0.39, 0.29) is 6.61 Å². The minimum Gasteiger partial charge on any atom is -0.392 e. The van der Waals surface area contributed by atoms with Gasteiger partial charge < -0.3 is 5.11 Å². The minimum atomic E-state index is 0.128. The number of nitrogens with zero attached hydrogens (tertiary/aromatic N) is 1. The third-order valence-electron chi connectivity index (χ3n) is 2.79. The third kappa shape index (κ3) is 4.08. The summed E-state index contributed by atoms with van der Waals surface area (Å²) in [5.41, 5.74) is 0. The molecule has 15 heavy (non-hydrogen) atoms. The summed E-state index contributed by atoms with van der Waals surface area (Å²) in [6, 6.07) is 0.405. The van der Waals surface area contributed by atoms with Crippen LogP contribution in [0.3, 0.4) is 0 Å². The van der Waals surface area contributed by atoms with Gasteiger partial charge in [-0.3, -0.25) is 10.3 Å². The maximum absolute atomic E-state index is 8.67. The zero-order chi connectivity index (χ0) is 11.1. The van der Waals surface area contributed by atoms with Gasteiger partial charge in [0.15, 0.2) is 0 Å². The van der Waals surface area contributed by atoms with E-state index >= 15 is 0 Å². The molecule has 0 aliphatic heterocycles. The number of aliphatic hydroxyl groups is 1. The fraction of sp³-hybridized carbons (Fsp3) is 0.778. The first kappa shape index (κ1) is 12.9. The fourth-order valence-electron chi connectivity index (χ4n) is 1.96. The lowest BCUT2D eigenvalue weighted by Gasteiger charge is -2.29. The van der Waals surface area contributed by atoms with E-state index in [1.165, 1.54) is 0 Å². The summed E-state index contributed by atoms with van der Waals surface area (Å²) in [6.45, 7) is 0.128. The fourth-order valence-corrected chi connectivity index (χ4v) is 2.93. The van der Waals surface area contributed by atoms with Crippen LogP contribution in [0.4, 0.5) is 0 Å². The zero-order valence-electron chi connectivity index (χ0n) is 8.63. The highest BCUT2D eigenvalue weighted by atomic mass is 31.1. The van der Waals surface area contributed by atoms with E-state index in [9.17, 15) is 0 Å². The second-order valence-electron chi connectivity index (χ2n) is 3.70. The van der Waals surface area contributed by atoms with Crippen LogP contribution >= 0.6 is 17.0 Å². The lowest BCUT2D eigenvalue weighted by Crippen LogP contribution is -2.25. The second-order valence-corrected chi connectivity index (χ2v) is 5.28. The van der Waals surface area contributed by atoms with Gasteiger partial charge in [-0.2, -0.15) is 4.44 Å². The molecular formula is C9H17N3OP2. The smallest absolute Gasteiger partial charge is 0.100 e. The first-order valence-corrected chi connectivity index (χ1v) is 6.82. The van der Waals surface area contributed by atoms with Crippen molar-refractivity contribution in [3.63, 3.8) is 0 Å². The van der Waals surface area contributed by atoms with Gasteiger partial charge >= 0.3 is 0 Å². The standard InChI is InChI=1S/C9H17N3OP2/c10-14-12(15-11)9-5-3-8(4-6-9)2-1-7-13/h1-2,8-11,13H,3-7H2/b2-1+. The third-order valence-corrected chi connectivity index (χ3v) is 4.39. The molecule has 4 nitrogen and oxygen atoms in total. The van der Waals surface area contributed by atoms with Crippen molar-refractivity contribution in [3.8, 4) is 0 Å². The summed E-state index contributed by atoms with van der Waals surface area (Å²) in [7, 11) is 0.919. The van der Waals surface area contributed by atoms with E-state index in [1.54, 1.807) is 0 Å². The Hall–Kier alpha value is -0.140. The Balaban J connectivity index is 2.38. The molecule has 1 aliphatic carbocycles. The average Bonchev–Trinajstić information content (AvgIpc) is 2.29. The van der Waals surface area contributed by atoms with Gasteiger partial charge in [-0.1, -0.05) is 12.2 Å². The van der Waals surface area contributed by atoms with Crippen molar-refractivity contribution in [1.29, 1.82) is 10.3 Å². The molecule has 0 radical (unpaired) electrons. The lowest BCUT2D eigenvalue weighted by atomic mass is 9.86. The van der Waals surface area contributed by atoms with Gasteiger partial charge in [-0.25, -0.2) is 0 Å². The maximum atomic E-state index is 8.67. The summed E-state index contributed by atoms with van der Waals surface area (Å²) < 4.78 is 1.85. The molecule has 0 saturated heterocycles. The maximum Gasteiger partial charge on any atom is 0.100 e. The Labute approximate surface area is 93.8 Å². The molecule has 1 saturated carbocycles. The van der Waals surface area contributed by atoms with Crippen molar-refractivity contribution in [2.45, 2.75) is 31.7 Å². The minimum absolute atomic E-state index is 0.128. The Bertz CT molecular complexity index is 232. The normalized spacial score (nSPS) is 28.1. The molecule has 1 rings (SSSR count). The molecular weight excluding hydrogens is 228 g/mol. The molecule has 0 aromatic rings. The summed E-state index contributed by atoms with van der Waals surface area (Å²) in [5.74, 6) is 0.583. The van der Waals surface area contributed by atoms with Crippen molar-refractivity contribution >= 4 is 17.0 Å². The van der Waals surface area contributed by atoms with Crippen molar-refractivity contribution in [2.24, 2.45) is 5.92 Å². The molecule has 0 amide bonds. The molecule has 0 aromatic carbocycles. The van der Waals surface area contributed by atoms with Gasteiger partial charge in [-0.05, 0) is 31.6 Å². The van der Waals surface area contributed by atoms with Crippen LogP contribution in [0, 0.1) is 16.2 Å². The molecule has 84 valence electrons. The van der Waals surface area contributed by atoms with Crippen LogP contribution in [0.25, 0.3) is 0 Å². The summed E-state index contributed by atoms with van der Waals surface area (Å²) in [5, 5.41) is 23.2. The topological polar surface area (TPSA) is 71.2 Å². The van der Waals surface area contributed by atoms with E-state index in [0.29, 0.717) is 29.0 Å². The molecule has 0 aromatic heterocycles. The van der Waals surface area contributed by atoms with Crippen LogP contribution in [0.1, 0.15) is 25.7 Å². The highest BCUT2D eigenvalue weighted by molar-refractivity contribution is 7.39.